The molecule has 96 valence electrons. The largest absolute Gasteiger partial charge is 0.387 e. The molecule has 0 amide bonds. The molecular formula is C14H22FNO. The predicted octanol–water partition coefficient (Wildman–Crippen LogP) is 3.86. The molecule has 0 aliphatic heterocycles. The van der Waals surface area contributed by atoms with Gasteiger partial charge in [-0.2, -0.15) is 0 Å². The maximum absolute atomic E-state index is 13.4. The van der Waals surface area contributed by atoms with Crippen LogP contribution in [0.2, 0.25) is 0 Å². The van der Waals surface area contributed by atoms with Crippen LogP contribution in [0.5, 0.6) is 0 Å². The van der Waals surface area contributed by atoms with Crippen LogP contribution in [-0.4, -0.2) is 10.1 Å². The summed E-state index contributed by atoms with van der Waals surface area (Å²) >= 11 is 0. The average Bonchev–Trinajstić information content (AvgIpc) is 2.34. The van der Waals surface area contributed by atoms with Crippen LogP contribution >= 0.6 is 0 Å². The van der Waals surface area contributed by atoms with E-state index in [9.17, 15) is 9.50 Å². The van der Waals surface area contributed by atoms with Crippen molar-refractivity contribution in [1.29, 1.82) is 0 Å². The van der Waals surface area contributed by atoms with Crippen molar-refractivity contribution in [3.05, 3.63) is 29.8 Å². The molecule has 2 unspecified atom stereocenters. The second kappa shape index (κ2) is 7.38. The van der Waals surface area contributed by atoms with Crippen molar-refractivity contribution >= 4 is 0 Å². The van der Waals surface area contributed by atoms with Gasteiger partial charge in [-0.1, -0.05) is 39.5 Å². The van der Waals surface area contributed by atoms with Gasteiger partial charge in [0.2, 0.25) is 0 Å². The second-order valence-electron chi connectivity index (χ2n) is 4.54. The zero-order valence-electron chi connectivity index (χ0n) is 10.7. The first kappa shape index (κ1) is 14.1. The fraction of sp³-hybridized carbons (Fsp3) is 0.643. The van der Waals surface area contributed by atoms with E-state index in [0.29, 0.717) is 12.3 Å². The van der Waals surface area contributed by atoms with Crippen LogP contribution < -0.4 is 0 Å². The minimum Gasteiger partial charge on any atom is -0.387 e. The van der Waals surface area contributed by atoms with Gasteiger partial charge in [-0.3, -0.25) is 4.98 Å². The van der Waals surface area contributed by atoms with E-state index in [1.807, 2.05) is 0 Å². The van der Waals surface area contributed by atoms with E-state index in [1.54, 1.807) is 6.07 Å². The summed E-state index contributed by atoms with van der Waals surface area (Å²) in [6.45, 7) is 4.27. The first-order valence-corrected chi connectivity index (χ1v) is 6.47. The lowest BCUT2D eigenvalue weighted by molar-refractivity contribution is 0.130. The number of hydrogen-bond donors (Lipinski definition) is 1. The van der Waals surface area contributed by atoms with Crippen molar-refractivity contribution in [1.82, 2.24) is 4.98 Å². The molecule has 0 aliphatic carbocycles. The Morgan fingerprint density at radius 2 is 2.18 bits per heavy atom. The zero-order chi connectivity index (χ0) is 12.7. The molecule has 1 aromatic rings. The number of pyridine rings is 1. The number of aliphatic hydroxyl groups is 1. The Morgan fingerprint density at radius 3 is 2.76 bits per heavy atom. The summed E-state index contributed by atoms with van der Waals surface area (Å²) in [5, 5.41) is 10.00. The number of hydrogen-bond acceptors (Lipinski definition) is 2. The van der Waals surface area contributed by atoms with Gasteiger partial charge >= 0.3 is 0 Å². The maximum atomic E-state index is 13.4. The monoisotopic (exact) mass is 239 g/mol. The summed E-state index contributed by atoms with van der Waals surface area (Å²) in [4.78, 5) is 3.92. The maximum Gasteiger partial charge on any atom is 0.147 e. The van der Waals surface area contributed by atoms with E-state index in [1.165, 1.54) is 12.3 Å². The van der Waals surface area contributed by atoms with E-state index in [2.05, 4.69) is 18.8 Å². The van der Waals surface area contributed by atoms with Crippen LogP contribution in [0.4, 0.5) is 4.39 Å². The number of halogens is 1. The van der Waals surface area contributed by atoms with Crippen molar-refractivity contribution in [2.24, 2.45) is 5.92 Å². The summed E-state index contributed by atoms with van der Waals surface area (Å²) in [6.07, 6.45) is 5.78. The lowest BCUT2D eigenvalue weighted by Crippen LogP contribution is -2.10. The van der Waals surface area contributed by atoms with Gasteiger partial charge in [-0.05, 0) is 24.5 Å². The molecule has 0 aliphatic rings. The molecule has 17 heavy (non-hydrogen) atoms. The minimum atomic E-state index is -0.780. The molecule has 0 spiro atoms. The zero-order valence-corrected chi connectivity index (χ0v) is 10.7. The number of aliphatic hydroxyl groups excluding tert-OH is 1. The molecule has 0 bridgehead atoms. The van der Waals surface area contributed by atoms with Crippen LogP contribution in [-0.2, 0) is 0 Å². The quantitative estimate of drug-likeness (QED) is 0.783. The Bertz CT molecular complexity index is 330. The van der Waals surface area contributed by atoms with Crippen molar-refractivity contribution in [3.63, 3.8) is 0 Å². The van der Waals surface area contributed by atoms with E-state index >= 15 is 0 Å². The standard InChI is InChI=1S/C14H22FNO/c1-3-5-7-11(4-2)10-13(17)14-12(15)8-6-9-16-14/h6,8-9,11,13,17H,3-5,7,10H2,1-2H3. The molecule has 0 saturated heterocycles. The molecule has 1 N–H and O–H groups in total. The number of nitrogens with zero attached hydrogens (tertiary/aromatic N) is 1. The number of aromatic nitrogens is 1. The first-order valence-electron chi connectivity index (χ1n) is 6.47. The Morgan fingerprint density at radius 1 is 1.41 bits per heavy atom. The summed E-state index contributed by atoms with van der Waals surface area (Å²) in [7, 11) is 0. The van der Waals surface area contributed by atoms with Crippen LogP contribution in [0.3, 0.4) is 0 Å². The highest BCUT2D eigenvalue weighted by molar-refractivity contribution is 5.09. The van der Waals surface area contributed by atoms with E-state index in [0.717, 1.165) is 25.7 Å². The van der Waals surface area contributed by atoms with Crippen LogP contribution in [0.25, 0.3) is 0 Å². The summed E-state index contributed by atoms with van der Waals surface area (Å²) in [5.41, 5.74) is 0.183. The Balaban J connectivity index is 2.58. The highest BCUT2D eigenvalue weighted by atomic mass is 19.1. The van der Waals surface area contributed by atoms with Crippen LogP contribution in [0.1, 0.15) is 57.7 Å². The molecule has 0 fully saturated rings. The van der Waals surface area contributed by atoms with Gasteiger partial charge in [0.05, 0.1) is 6.10 Å². The SMILES string of the molecule is CCCCC(CC)CC(O)c1ncccc1F. The third kappa shape index (κ3) is 4.43. The number of unbranched alkanes of at least 4 members (excludes halogenated alkanes) is 1. The molecule has 0 saturated carbocycles. The third-order valence-electron chi connectivity index (χ3n) is 3.20. The van der Waals surface area contributed by atoms with E-state index in [4.69, 9.17) is 0 Å². The molecule has 1 rings (SSSR count). The fourth-order valence-corrected chi connectivity index (χ4v) is 2.05. The lowest BCUT2D eigenvalue weighted by atomic mass is 9.92. The molecule has 1 heterocycles. The topological polar surface area (TPSA) is 33.1 Å². The highest BCUT2D eigenvalue weighted by Crippen LogP contribution is 2.26. The average molecular weight is 239 g/mol. The molecule has 0 radical (unpaired) electrons. The van der Waals surface area contributed by atoms with E-state index in [-0.39, 0.29) is 5.69 Å². The Hall–Kier alpha value is -0.960. The van der Waals surface area contributed by atoms with Gasteiger partial charge in [-0.15, -0.1) is 0 Å². The van der Waals surface area contributed by atoms with Gasteiger partial charge in [0.25, 0.3) is 0 Å². The number of rotatable bonds is 7. The molecule has 0 aromatic carbocycles. The Labute approximate surface area is 103 Å². The van der Waals surface area contributed by atoms with Gasteiger partial charge < -0.3 is 5.11 Å². The molecule has 3 heteroatoms. The van der Waals surface area contributed by atoms with Gasteiger partial charge in [-0.25, -0.2) is 4.39 Å². The van der Waals surface area contributed by atoms with Gasteiger partial charge in [0.1, 0.15) is 11.5 Å². The smallest absolute Gasteiger partial charge is 0.147 e. The van der Waals surface area contributed by atoms with Crippen molar-refractivity contribution in [2.75, 3.05) is 0 Å². The summed E-state index contributed by atoms with van der Waals surface area (Å²) < 4.78 is 13.4. The van der Waals surface area contributed by atoms with Crippen molar-refractivity contribution < 1.29 is 9.50 Å². The fourth-order valence-electron chi connectivity index (χ4n) is 2.05. The van der Waals surface area contributed by atoms with Crippen LogP contribution in [0.15, 0.2) is 18.3 Å². The third-order valence-corrected chi connectivity index (χ3v) is 3.20. The van der Waals surface area contributed by atoms with Gasteiger partial charge in [0, 0.05) is 6.20 Å². The van der Waals surface area contributed by atoms with E-state index < -0.39 is 11.9 Å². The molecule has 1 aromatic heterocycles. The summed E-state index contributed by atoms with van der Waals surface area (Å²) in [5.74, 6) is 0.0386. The molecule has 2 atom stereocenters. The second-order valence-corrected chi connectivity index (χ2v) is 4.54. The van der Waals surface area contributed by atoms with Crippen molar-refractivity contribution in [2.45, 2.75) is 52.1 Å². The van der Waals surface area contributed by atoms with Crippen LogP contribution in [0, 0.1) is 11.7 Å². The first-order chi connectivity index (χ1) is 8.19. The Kier molecular flexibility index (Phi) is 6.12. The lowest BCUT2D eigenvalue weighted by Gasteiger charge is -2.18. The predicted molar refractivity (Wildman–Crippen MR) is 67.1 cm³/mol. The minimum absolute atomic E-state index is 0.183. The summed E-state index contributed by atoms with van der Waals surface area (Å²) in [6, 6.07) is 2.89. The molecular weight excluding hydrogens is 217 g/mol. The van der Waals surface area contributed by atoms with Gasteiger partial charge in [0.15, 0.2) is 0 Å². The van der Waals surface area contributed by atoms with Crippen molar-refractivity contribution in [3.8, 4) is 0 Å². The highest BCUT2D eigenvalue weighted by Gasteiger charge is 2.18. The molecule has 2 nitrogen and oxygen atoms in total. The normalized spacial score (nSPS) is 14.6.